The Hall–Kier alpha value is -2.93. The fraction of sp³-hybridized carbons (Fsp3) is 0.150. The van der Waals surface area contributed by atoms with E-state index in [4.69, 9.17) is 0 Å². The molecule has 0 aliphatic rings. The van der Waals surface area contributed by atoms with Crippen LogP contribution in [0.5, 0.6) is 0 Å². The Bertz CT molecular complexity index is 1020. The van der Waals surface area contributed by atoms with Gasteiger partial charge in [0.1, 0.15) is 0 Å². The summed E-state index contributed by atoms with van der Waals surface area (Å²) in [6, 6.07) is 14.1. The molecule has 0 unspecified atom stereocenters. The number of carbonyl (C=O) groups excluding carboxylic acids is 2. The van der Waals surface area contributed by atoms with E-state index in [0.717, 1.165) is 21.1 Å². The molecule has 138 valence electrons. The van der Waals surface area contributed by atoms with Crippen molar-refractivity contribution in [2.75, 3.05) is 17.2 Å². The summed E-state index contributed by atoms with van der Waals surface area (Å²) in [6.45, 7) is 4.23. The average Bonchev–Trinajstić information content (AvgIpc) is 2.62. The first-order chi connectivity index (χ1) is 13.0. The molecule has 1 aromatic heterocycles. The highest BCUT2D eigenvalue weighted by Gasteiger charge is 2.13. The Balaban J connectivity index is 1.87. The summed E-state index contributed by atoms with van der Waals surface area (Å²) in [7, 11) is 0. The minimum absolute atomic E-state index is 0.237. The Morgan fingerprint density at radius 1 is 1.04 bits per heavy atom. The molecule has 0 radical (unpaired) electrons. The minimum Gasteiger partial charge on any atom is -0.338 e. The molecule has 3 rings (SSSR count). The minimum atomic E-state index is -0.290. The number of rotatable bonds is 4. The molecule has 0 spiro atoms. The maximum Gasteiger partial charge on any atom is 0.319 e. The number of carbonyl (C=O) groups is 2. The van der Waals surface area contributed by atoms with Crippen molar-refractivity contribution in [2.45, 2.75) is 13.8 Å². The maximum atomic E-state index is 12.9. The van der Waals surface area contributed by atoms with E-state index in [0.29, 0.717) is 23.5 Å². The van der Waals surface area contributed by atoms with Gasteiger partial charge in [0, 0.05) is 33.5 Å². The van der Waals surface area contributed by atoms with Crippen LogP contribution in [-0.4, -0.2) is 23.5 Å². The number of halogens is 1. The van der Waals surface area contributed by atoms with Crippen LogP contribution in [0.2, 0.25) is 0 Å². The van der Waals surface area contributed by atoms with Gasteiger partial charge in [-0.15, -0.1) is 0 Å². The van der Waals surface area contributed by atoms with Gasteiger partial charge < -0.3 is 16.0 Å². The Kier molecular flexibility index (Phi) is 5.71. The van der Waals surface area contributed by atoms with Crippen LogP contribution in [0.1, 0.15) is 23.0 Å². The van der Waals surface area contributed by atoms with Crippen molar-refractivity contribution in [3.8, 4) is 0 Å². The number of amides is 3. The van der Waals surface area contributed by atoms with E-state index < -0.39 is 0 Å². The molecule has 0 saturated carbocycles. The lowest BCUT2D eigenvalue weighted by atomic mass is 10.1. The monoisotopic (exact) mass is 426 g/mol. The molecule has 0 aliphatic carbocycles. The number of urea groups is 1. The Morgan fingerprint density at radius 3 is 2.52 bits per heavy atom. The molecule has 0 bridgehead atoms. The van der Waals surface area contributed by atoms with Crippen molar-refractivity contribution in [1.29, 1.82) is 0 Å². The summed E-state index contributed by atoms with van der Waals surface area (Å²) in [5.74, 6) is -0.237. The molecule has 3 amide bonds. The predicted molar refractivity (Wildman–Crippen MR) is 111 cm³/mol. The van der Waals surface area contributed by atoms with Gasteiger partial charge in [0.2, 0.25) is 0 Å². The van der Waals surface area contributed by atoms with Crippen LogP contribution in [0.25, 0.3) is 10.9 Å². The van der Waals surface area contributed by atoms with Crippen LogP contribution in [-0.2, 0) is 0 Å². The molecule has 1 heterocycles. The van der Waals surface area contributed by atoms with E-state index in [9.17, 15) is 9.59 Å². The molecular weight excluding hydrogens is 408 g/mol. The van der Waals surface area contributed by atoms with E-state index >= 15 is 0 Å². The number of fused-ring (bicyclic) bond motifs is 1. The van der Waals surface area contributed by atoms with Gasteiger partial charge >= 0.3 is 6.03 Å². The topological polar surface area (TPSA) is 83.1 Å². The highest BCUT2D eigenvalue weighted by Crippen LogP contribution is 2.24. The second kappa shape index (κ2) is 8.18. The lowest BCUT2D eigenvalue weighted by Crippen LogP contribution is -2.28. The molecule has 27 heavy (non-hydrogen) atoms. The first-order valence-electron chi connectivity index (χ1n) is 8.49. The number of aromatic nitrogens is 1. The van der Waals surface area contributed by atoms with Gasteiger partial charge in [0.25, 0.3) is 5.91 Å². The quantitative estimate of drug-likeness (QED) is 0.565. The van der Waals surface area contributed by atoms with Crippen molar-refractivity contribution in [2.24, 2.45) is 0 Å². The third kappa shape index (κ3) is 4.62. The van der Waals surface area contributed by atoms with Crippen molar-refractivity contribution >= 4 is 50.1 Å². The van der Waals surface area contributed by atoms with Crippen LogP contribution in [0, 0.1) is 6.92 Å². The van der Waals surface area contributed by atoms with E-state index in [1.807, 2.05) is 32.0 Å². The third-order valence-corrected chi connectivity index (χ3v) is 4.35. The van der Waals surface area contributed by atoms with Crippen molar-refractivity contribution in [3.63, 3.8) is 0 Å². The molecule has 3 aromatic rings. The molecule has 0 saturated heterocycles. The summed E-state index contributed by atoms with van der Waals surface area (Å²) in [6.07, 6.45) is 0. The third-order valence-electron chi connectivity index (χ3n) is 3.86. The average molecular weight is 427 g/mol. The molecule has 0 fully saturated rings. The number of aryl methyl sites for hydroxylation is 1. The number of pyridine rings is 1. The molecule has 6 nitrogen and oxygen atoms in total. The number of nitrogens with one attached hydrogen (secondary N) is 3. The molecule has 0 aliphatic heterocycles. The Morgan fingerprint density at radius 2 is 1.78 bits per heavy atom. The molecule has 2 aromatic carbocycles. The lowest BCUT2D eigenvalue weighted by molar-refractivity contribution is 0.102. The van der Waals surface area contributed by atoms with E-state index in [1.165, 1.54) is 0 Å². The van der Waals surface area contributed by atoms with E-state index in [1.54, 1.807) is 30.3 Å². The van der Waals surface area contributed by atoms with Crippen LogP contribution in [0.4, 0.5) is 16.2 Å². The van der Waals surface area contributed by atoms with Crippen LogP contribution < -0.4 is 16.0 Å². The summed E-state index contributed by atoms with van der Waals surface area (Å²) < 4.78 is 0.878. The van der Waals surface area contributed by atoms with Gasteiger partial charge in [0.15, 0.2) is 0 Å². The van der Waals surface area contributed by atoms with E-state index in [2.05, 4.69) is 36.9 Å². The van der Waals surface area contributed by atoms with Crippen molar-refractivity contribution < 1.29 is 9.59 Å². The van der Waals surface area contributed by atoms with Crippen molar-refractivity contribution in [1.82, 2.24) is 10.3 Å². The lowest BCUT2D eigenvalue weighted by Gasteiger charge is -2.11. The summed E-state index contributed by atoms with van der Waals surface area (Å²) in [5, 5.41) is 9.04. The highest BCUT2D eigenvalue weighted by atomic mass is 79.9. The largest absolute Gasteiger partial charge is 0.338 e. The number of hydrogen-bond donors (Lipinski definition) is 3. The number of anilines is 2. The van der Waals surface area contributed by atoms with E-state index in [-0.39, 0.29) is 11.9 Å². The first-order valence-corrected chi connectivity index (χ1v) is 9.28. The summed E-state index contributed by atoms with van der Waals surface area (Å²) in [4.78, 5) is 29.0. The molecule has 0 atom stereocenters. The van der Waals surface area contributed by atoms with Crippen molar-refractivity contribution in [3.05, 3.63) is 64.3 Å². The fourth-order valence-corrected chi connectivity index (χ4v) is 3.09. The molecule has 7 heteroatoms. The number of nitrogens with zero attached hydrogens (tertiary/aromatic N) is 1. The van der Waals surface area contributed by atoms with Crippen LogP contribution in [0.3, 0.4) is 0 Å². The Labute approximate surface area is 165 Å². The smallest absolute Gasteiger partial charge is 0.319 e. The molecular formula is C20H19BrN4O2. The zero-order chi connectivity index (χ0) is 19.4. The fourth-order valence-electron chi connectivity index (χ4n) is 2.73. The number of benzene rings is 2. The van der Waals surface area contributed by atoms with Gasteiger partial charge in [-0.3, -0.25) is 9.78 Å². The van der Waals surface area contributed by atoms with Crippen LogP contribution >= 0.6 is 15.9 Å². The SMILES string of the molecule is CCNC(=O)Nc1cccc(NC(=O)c2cc(C)nc3ccc(Br)cc23)c1. The summed E-state index contributed by atoms with van der Waals surface area (Å²) in [5.41, 5.74) is 3.25. The maximum absolute atomic E-state index is 12.9. The second-order valence-corrected chi connectivity index (χ2v) is 6.91. The summed E-state index contributed by atoms with van der Waals surface area (Å²) >= 11 is 3.44. The normalized spacial score (nSPS) is 10.5. The highest BCUT2D eigenvalue weighted by molar-refractivity contribution is 9.10. The van der Waals surface area contributed by atoms with Gasteiger partial charge in [0.05, 0.1) is 11.1 Å². The van der Waals surface area contributed by atoms with Gasteiger partial charge in [-0.05, 0) is 56.3 Å². The van der Waals surface area contributed by atoms with Gasteiger partial charge in [-0.2, -0.15) is 0 Å². The van der Waals surface area contributed by atoms with Gasteiger partial charge in [-0.1, -0.05) is 22.0 Å². The zero-order valence-corrected chi connectivity index (χ0v) is 16.6. The molecule has 3 N–H and O–H groups in total. The first kappa shape index (κ1) is 18.8. The number of hydrogen-bond acceptors (Lipinski definition) is 3. The zero-order valence-electron chi connectivity index (χ0n) is 15.0. The van der Waals surface area contributed by atoms with Crippen LogP contribution in [0.15, 0.2) is 53.0 Å². The standard InChI is InChI=1S/C20H19BrN4O2/c1-3-22-20(27)25-15-6-4-5-14(11-15)24-19(26)17-9-12(2)23-18-8-7-13(21)10-16(17)18/h4-11H,3H2,1-2H3,(H,24,26)(H2,22,25,27). The van der Waals surface area contributed by atoms with Gasteiger partial charge in [-0.25, -0.2) is 4.79 Å². The second-order valence-electron chi connectivity index (χ2n) is 5.99. The predicted octanol–water partition coefficient (Wildman–Crippen LogP) is 4.70.